The second-order valence-corrected chi connectivity index (χ2v) is 8.24. The lowest BCUT2D eigenvalue weighted by Crippen LogP contribution is -2.20. The summed E-state index contributed by atoms with van der Waals surface area (Å²) in [6.45, 7) is 4.21. The van der Waals surface area contributed by atoms with Gasteiger partial charge in [0.15, 0.2) is 18.1 Å². The van der Waals surface area contributed by atoms with Gasteiger partial charge in [-0.1, -0.05) is 17.7 Å². The van der Waals surface area contributed by atoms with E-state index in [0.717, 1.165) is 11.1 Å². The predicted octanol–water partition coefficient (Wildman–Crippen LogP) is 4.95. The summed E-state index contributed by atoms with van der Waals surface area (Å²) in [6, 6.07) is 17.7. The second-order valence-electron chi connectivity index (χ2n) is 7.39. The lowest BCUT2D eigenvalue weighted by molar-refractivity contribution is -0.118. The number of ether oxygens (including phenoxy) is 3. The Morgan fingerprint density at radius 3 is 2.40 bits per heavy atom. The zero-order valence-electron chi connectivity index (χ0n) is 19.6. The molecule has 0 bridgehead atoms. The summed E-state index contributed by atoms with van der Waals surface area (Å²) in [5, 5.41) is 6.79. The number of halogens is 1. The molecule has 0 fully saturated rings. The summed E-state index contributed by atoms with van der Waals surface area (Å²) in [7, 11) is 1.51. The molecule has 0 radical (unpaired) electrons. The predicted molar refractivity (Wildman–Crippen MR) is 139 cm³/mol. The molecule has 0 aromatic heterocycles. The first-order chi connectivity index (χ1) is 16.9. The van der Waals surface area contributed by atoms with E-state index in [1.54, 1.807) is 36.4 Å². The van der Waals surface area contributed by atoms with Crippen molar-refractivity contribution in [1.82, 2.24) is 5.43 Å². The van der Waals surface area contributed by atoms with Crippen LogP contribution in [0.25, 0.3) is 0 Å². The molecule has 2 N–H and O–H groups in total. The highest BCUT2D eigenvalue weighted by atomic mass is 79.9. The first-order valence-electron chi connectivity index (χ1n) is 10.8. The van der Waals surface area contributed by atoms with Crippen LogP contribution >= 0.6 is 15.9 Å². The van der Waals surface area contributed by atoms with Crippen molar-refractivity contribution in [1.29, 1.82) is 0 Å². The van der Waals surface area contributed by atoms with Crippen molar-refractivity contribution in [2.24, 2.45) is 5.10 Å². The van der Waals surface area contributed by atoms with Gasteiger partial charge in [-0.05, 0) is 83.9 Å². The van der Waals surface area contributed by atoms with Crippen LogP contribution in [0, 0.1) is 6.92 Å². The number of nitrogens with zero attached hydrogens (tertiary/aromatic N) is 1. The highest BCUT2D eigenvalue weighted by molar-refractivity contribution is 9.10. The first kappa shape index (κ1) is 25.8. The molecule has 3 rings (SSSR count). The fourth-order valence-electron chi connectivity index (χ4n) is 3.01. The third-order valence-electron chi connectivity index (χ3n) is 4.76. The summed E-state index contributed by atoms with van der Waals surface area (Å²) < 4.78 is 17.0. The number of hydrogen-bond acceptors (Lipinski definition) is 6. The highest BCUT2D eigenvalue weighted by Crippen LogP contribution is 2.28. The smallest absolute Gasteiger partial charge is 0.271 e. The van der Waals surface area contributed by atoms with Gasteiger partial charge in [-0.15, -0.1) is 0 Å². The number of anilines is 1. The molecule has 0 saturated heterocycles. The van der Waals surface area contributed by atoms with Crippen LogP contribution < -0.4 is 25.0 Å². The molecule has 0 heterocycles. The van der Waals surface area contributed by atoms with Crippen LogP contribution in [0.4, 0.5) is 5.69 Å². The number of aryl methyl sites for hydroxylation is 1. The minimum absolute atomic E-state index is 0.137. The lowest BCUT2D eigenvalue weighted by atomic mass is 10.2. The van der Waals surface area contributed by atoms with Crippen molar-refractivity contribution >= 4 is 39.6 Å². The zero-order valence-corrected chi connectivity index (χ0v) is 21.2. The monoisotopic (exact) mass is 539 g/mol. The van der Waals surface area contributed by atoms with Crippen LogP contribution in [0.15, 0.2) is 70.2 Å². The summed E-state index contributed by atoms with van der Waals surface area (Å²) in [4.78, 5) is 24.5. The minimum atomic E-state index is -0.388. The van der Waals surface area contributed by atoms with Crippen LogP contribution in [0.3, 0.4) is 0 Å². The Hall–Kier alpha value is -3.85. The largest absolute Gasteiger partial charge is 0.493 e. The third kappa shape index (κ3) is 7.58. The maximum Gasteiger partial charge on any atom is 0.271 e. The van der Waals surface area contributed by atoms with E-state index in [4.69, 9.17) is 14.2 Å². The standard InChI is InChI=1S/C26H26BrN3O5/c1-4-34-23-12-8-19(14-24(23)33-3)26(32)30-28-15-18-7-11-22(21(27)13-18)35-16-25(31)29-20-9-5-17(2)6-10-20/h5-15H,4,16H2,1-3H3,(H,29,31)(H,30,32)/b28-15+. The Morgan fingerprint density at radius 2 is 1.71 bits per heavy atom. The number of hydrogen-bond donors (Lipinski definition) is 2. The van der Waals surface area contributed by atoms with Crippen LogP contribution in [0.2, 0.25) is 0 Å². The Kier molecular flexibility index (Phi) is 9.25. The molecule has 0 saturated carbocycles. The molecule has 9 heteroatoms. The lowest BCUT2D eigenvalue weighted by Gasteiger charge is -2.10. The maximum absolute atomic E-state index is 12.4. The fourth-order valence-corrected chi connectivity index (χ4v) is 3.52. The number of nitrogens with one attached hydrogen (secondary N) is 2. The molecule has 8 nitrogen and oxygen atoms in total. The Morgan fingerprint density at radius 1 is 0.971 bits per heavy atom. The van der Waals surface area contributed by atoms with E-state index in [2.05, 4.69) is 31.8 Å². The number of methoxy groups -OCH3 is 1. The van der Waals surface area contributed by atoms with Crippen LogP contribution in [0.5, 0.6) is 17.2 Å². The summed E-state index contributed by atoms with van der Waals surface area (Å²) in [5.74, 6) is 0.887. The summed E-state index contributed by atoms with van der Waals surface area (Å²) in [5.41, 5.74) is 5.41. The van der Waals surface area contributed by atoms with Gasteiger partial charge in [0.1, 0.15) is 5.75 Å². The number of rotatable bonds is 10. The normalized spacial score (nSPS) is 10.6. The Bertz CT molecular complexity index is 1210. The maximum atomic E-state index is 12.4. The molecule has 35 heavy (non-hydrogen) atoms. The first-order valence-corrected chi connectivity index (χ1v) is 11.6. The molecule has 0 unspecified atom stereocenters. The van der Waals surface area contributed by atoms with Gasteiger partial charge >= 0.3 is 0 Å². The second kappa shape index (κ2) is 12.6. The van der Waals surface area contributed by atoms with Gasteiger partial charge in [-0.2, -0.15) is 5.10 Å². The molecular formula is C26H26BrN3O5. The van der Waals surface area contributed by atoms with E-state index in [-0.39, 0.29) is 18.4 Å². The van der Waals surface area contributed by atoms with Gasteiger partial charge in [0.05, 0.1) is 24.4 Å². The van der Waals surface area contributed by atoms with E-state index >= 15 is 0 Å². The topological polar surface area (TPSA) is 98.3 Å². The average molecular weight is 540 g/mol. The van der Waals surface area contributed by atoms with Gasteiger partial charge in [0.25, 0.3) is 11.8 Å². The van der Waals surface area contributed by atoms with Crippen molar-refractivity contribution in [3.8, 4) is 17.2 Å². The van der Waals surface area contributed by atoms with Gasteiger partial charge < -0.3 is 19.5 Å². The van der Waals surface area contributed by atoms with E-state index < -0.39 is 0 Å². The average Bonchev–Trinajstić information content (AvgIpc) is 2.85. The molecule has 0 aliphatic heterocycles. The highest BCUT2D eigenvalue weighted by Gasteiger charge is 2.11. The Labute approximate surface area is 212 Å². The molecule has 3 aromatic rings. The number of hydrazone groups is 1. The van der Waals surface area contributed by atoms with Crippen LogP contribution in [-0.4, -0.2) is 38.4 Å². The van der Waals surface area contributed by atoms with E-state index in [1.165, 1.54) is 13.3 Å². The molecule has 0 atom stereocenters. The third-order valence-corrected chi connectivity index (χ3v) is 5.38. The quantitative estimate of drug-likeness (QED) is 0.280. The van der Waals surface area contributed by atoms with Crippen molar-refractivity contribution in [3.05, 3.63) is 81.8 Å². The van der Waals surface area contributed by atoms with Crippen molar-refractivity contribution < 1.29 is 23.8 Å². The van der Waals surface area contributed by atoms with Crippen molar-refractivity contribution in [2.75, 3.05) is 25.6 Å². The van der Waals surface area contributed by atoms with Gasteiger partial charge in [-0.3, -0.25) is 9.59 Å². The van der Waals surface area contributed by atoms with Crippen LogP contribution in [0.1, 0.15) is 28.4 Å². The van der Waals surface area contributed by atoms with Gasteiger partial charge in [0, 0.05) is 11.3 Å². The fraction of sp³-hybridized carbons (Fsp3) is 0.192. The minimum Gasteiger partial charge on any atom is -0.493 e. The number of carbonyl (C=O) groups excluding carboxylic acids is 2. The molecule has 3 aromatic carbocycles. The summed E-state index contributed by atoms with van der Waals surface area (Å²) >= 11 is 3.43. The summed E-state index contributed by atoms with van der Waals surface area (Å²) in [6.07, 6.45) is 1.50. The molecule has 0 spiro atoms. The number of benzene rings is 3. The van der Waals surface area contributed by atoms with Crippen LogP contribution in [-0.2, 0) is 4.79 Å². The SMILES string of the molecule is CCOc1ccc(C(=O)N/N=C/c2ccc(OCC(=O)Nc3ccc(C)cc3)c(Br)c2)cc1OC. The van der Waals surface area contributed by atoms with Crippen molar-refractivity contribution in [2.45, 2.75) is 13.8 Å². The van der Waals surface area contributed by atoms with E-state index in [0.29, 0.717) is 39.6 Å². The molecular weight excluding hydrogens is 514 g/mol. The van der Waals surface area contributed by atoms with Crippen molar-refractivity contribution in [3.63, 3.8) is 0 Å². The molecule has 0 aliphatic rings. The van der Waals surface area contributed by atoms with E-state index in [9.17, 15) is 9.59 Å². The number of carbonyl (C=O) groups is 2. The molecule has 182 valence electrons. The van der Waals surface area contributed by atoms with Gasteiger partial charge in [0.2, 0.25) is 0 Å². The van der Waals surface area contributed by atoms with E-state index in [1.807, 2.05) is 38.1 Å². The number of amides is 2. The molecule has 2 amide bonds. The molecule has 0 aliphatic carbocycles. The van der Waals surface area contributed by atoms with Gasteiger partial charge in [-0.25, -0.2) is 5.43 Å². The zero-order chi connectivity index (χ0) is 25.2. The Balaban J connectivity index is 1.53.